The van der Waals surface area contributed by atoms with Gasteiger partial charge in [0.05, 0.1) is 5.71 Å². The van der Waals surface area contributed by atoms with Crippen LogP contribution in [0.3, 0.4) is 0 Å². The third-order valence-electron chi connectivity index (χ3n) is 3.93. The van der Waals surface area contributed by atoms with Gasteiger partial charge in [-0.2, -0.15) is 0 Å². The molecule has 1 aliphatic rings. The fourth-order valence-corrected chi connectivity index (χ4v) is 2.65. The van der Waals surface area contributed by atoms with Crippen LogP contribution >= 0.6 is 0 Å². The molecule has 1 heterocycles. The molecule has 0 amide bonds. The summed E-state index contributed by atoms with van der Waals surface area (Å²) >= 11 is 0. The first-order chi connectivity index (χ1) is 11.2. The van der Waals surface area contributed by atoms with Crippen molar-refractivity contribution in [2.45, 2.75) is 19.8 Å². The molecule has 3 rings (SSSR count). The van der Waals surface area contributed by atoms with Crippen LogP contribution in [0.2, 0.25) is 0 Å². The molecule has 2 aromatic rings. The van der Waals surface area contributed by atoms with Crippen molar-refractivity contribution in [1.29, 1.82) is 0 Å². The Kier molecular flexibility index (Phi) is 4.34. The smallest absolute Gasteiger partial charge is 0.148 e. The minimum absolute atomic E-state index is 0.266. The third-order valence-corrected chi connectivity index (χ3v) is 3.93. The highest BCUT2D eigenvalue weighted by Gasteiger charge is 2.16. The van der Waals surface area contributed by atoms with Gasteiger partial charge in [0.25, 0.3) is 0 Å². The first kappa shape index (κ1) is 15.2. The van der Waals surface area contributed by atoms with Gasteiger partial charge in [-0.1, -0.05) is 44.0 Å². The number of nitrogens with one attached hydrogen (secondary N) is 1. The van der Waals surface area contributed by atoms with Crippen LogP contribution in [0.1, 0.15) is 36.5 Å². The summed E-state index contributed by atoms with van der Waals surface area (Å²) in [6.45, 7) is 5.24. The lowest BCUT2D eigenvalue weighted by Gasteiger charge is -2.20. The SMILES string of the molecule is C#CCOc1ccc2c(c1)C(c1ccc(C(C)C)cc1)=NCN2. The van der Waals surface area contributed by atoms with E-state index >= 15 is 0 Å². The van der Waals surface area contributed by atoms with Crippen molar-refractivity contribution in [2.75, 3.05) is 18.6 Å². The molecular formula is C20H20N2O. The molecule has 23 heavy (non-hydrogen) atoms. The van der Waals surface area contributed by atoms with Crippen molar-refractivity contribution in [3.05, 3.63) is 59.2 Å². The van der Waals surface area contributed by atoms with E-state index in [-0.39, 0.29) is 6.61 Å². The van der Waals surface area contributed by atoms with Gasteiger partial charge in [0.2, 0.25) is 0 Å². The molecule has 0 unspecified atom stereocenters. The van der Waals surface area contributed by atoms with Gasteiger partial charge in [-0.15, -0.1) is 6.42 Å². The number of aliphatic imine (C=N–C) groups is 1. The summed E-state index contributed by atoms with van der Waals surface area (Å²) in [4.78, 5) is 4.65. The van der Waals surface area contributed by atoms with E-state index in [1.807, 2.05) is 18.2 Å². The van der Waals surface area contributed by atoms with E-state index in [4.69, 9.17) is 11.2 Å². The van der Waals surface area contributed by atoms with Crippen molar-refractivity contribution in [1.82, 2.24) is 0 Å². The Morgan fingerprint density at radius 1 is 1.22 bits per heavy atom. The van der Waals surface area contributed by atoms with E-state index in [1.54, 1.807) is 0 Å². The van der Waals surface area contributed by atoms with Crippen LogP contribution in [0, 0.1) is 12.3 Å². The predicted octanol–water partition coefficient (Wildman–Crippen LogP) is 4.04. The number of benzene rings is 2. The summed E-state index contributed by atoms with van der Waals surface area (Å²) in [7, 11) is 0. The lowest BCUT2D eigenvalue weighted by atomic mass is 9.96. The molecule has 2 aromatic carbocycles. The van der Waals surface area contributed by atoms with E-state index in [0.29, 0.717) is 12.6 Å². The summed E-state index contributed by atoms with van der Waals surface area (Å²) in [5.41, 5.74) is 5.54. The van der Waals surface area contributed by atoms with Crippen LogP contribution in [0.25, 0.3) is 0 Å². The van der Waals surface area contributed by atoms with Gasteiger partial charge in [0.1, 0.15) is 19.0 Å². The Hall–Kier alpha value is -2.73. The summed E-state index contributed by atoms with van der Waals surface area (Å²) in [6, 6.07) is 14.5. The van der Waals surface area contributed by atoms with Crippen LogP contribution in [-0.2, 0) is 0 Å². The topological polar surface area (TPSA) is 33.6 Å². The van der Waals surface area contributed by atoms with Crippen LogP contribution in [-0.4, -0.2) is 19.0 Å². The van der Waals surface area contributed by atoms with Gasteiger partial charge in [0.15, 0.2) is 0 Å². The molecule has 0 radical (unpaired) electrons. The molecule has 0 bridgehead atoms. The van der Waals surface area contributed by atoms with Crippen molar-refractivity contribution in [3.63, 3.8) is 0 Å². The highest BCUT2D eigenvalue weighted by Crippen LogP contribution is 2.28. The zero-order chi connectivity index (χ0) is 16.2. The van der Waals surface area contributed by atoms with Crippen molar-refractivity contribution in [2.24, 2.45) is 4.99 Å². The molecule has 1 N–H and O–H groups in total. The van der Waals surface area contributed by atoms with E-state index in [9.17, 15) is 0 Å². The number of terminal acetylenes is 1. The second kappa shape index (κ2) is 6.58. The normalized spacial score (nSPS) is 12.9. The maximum absolute atomic E-state index is 5.54. The molecule has 0 aromatic heterocycles. The quantitative estimate of drug-likeness (QED) is 0.865. The minimum Gasteiger partial charge on any atom is -0.481 e. The monoisotopic (exact) mass is 304 g/mol. The lowest BCUT2D eigenvalue weighted by molar-refractivity contribution is 0.370. The first-order valence-electron chi connectivity index (χ1n) is 7.78. The van der Waals surface area contributed by atoms with E-state index in [0.717, 1.165) is 28.3 Å². The number of rotatable bonds is 4. The standard InChI is InChI=1S/C20H20N2O/c1-4-11-23-17-9-10-19-18(12-17)20(22-13-21-19)16-7-5-15(6-8-16)14(2)3/h1,5-10,12,14,21H,11,13H2,2-3H3. The van der Waals surface area contributed by atoms with Gasteiger partial charge in [-0.05, 0) is 29.7 Å². The number of anilines is 1. The second-order valence-electron chi connectivity index (χ2n) is 5.82. The summed E-state index contributed by atoms with van der Waals surface area (Å²) in [5.74, 6) is 3.77. The number of nitrogens with zero attached hydrogens (tertiary/aromatic N) is 1. The van der Waals surface area contributed by atoms with Gasteiger partial charge in [0, 0.05) is 16.8 Å². The maximum Gasteiger partial charge on any atom is 0.148 e. The predicted molar refractivity (Wildman–Crippen MR) is 95.4 cm³/mol. The zero-order valence-corrected chi connectivity index (χ0v) is 13.5. The van der Waals surface area contributed by atoms with Gasteiger partial charge in [-0.3, -0.25) is 4.99 Å². The van der Waals surface area contributed by atoms with E-state index < -0.39 is 0 Å². The van der Waals surface area contributed by atoms with Crippen LogP contribution in [0.4, 0.5) is 5.69 Å². The molecule has 0 fully saturated rings. The van der Waals surface area contributed by atoms with Crippen LogP contribution in [0.15, 0.2) is 47.5 Å². The highest BCUT2D eigenvalue weighted by atomic mass is 16.5. The van der Waals surface area contributed by atoms with Gasteiger partial charge < -0.3 is 10.1 Å². The molecule has 116 valence electrons. The molecule has 1 aliphatic heterocycles. The molecule has 3 heteroatoms. The maximum atomic E-state index is 5.54. The minimum atomic E-state index is 0.266. The summed E-state index contributed by atoms with van der Waals surface area (Å²) in [5, 5.41) is 3.29. The highest BCUT2D eigenvalue weighted by molar-refractivity contribution is 6.16. The lowest BCUT2D eigenvalue weighted by Crippen LogP contribution is -2.16. The largest absolute Gasteiger partial charge is 0.481 e. The van der Waals surface area contributed by atoms with Crippen molar-refractivity contribution >= 4 is 11.4 Å². The Morgan fingerprint density at radius 2 is 2.00 bits per heavy atom. The Balaban J connectivity index is 1.95. The Labute approximate surface area is 137 Å². The molecule has 0 saturated carbocycles. The molecule has 0 atom stereocenters. The zero-order valence-electron chi connectivity index (χ0n) is 13.5. The average molecular weight is 304 g/mol. The molecule has 0 spiro atoms. The number of hydrogen-bond donors (Lipinski definition) is 1. The molecule has 0 aliphatic carbocycles. The van der Waals surface area contributed by atoms with E-state index in [2.05, 4.69) is 54.3 Å². The molecular weight excluding hydrogens is 284 g/mol. The van der Waals surface area contributed by atoms with Crippen LogP contribution in [0.5, 0.6) is 5.75 Å². The van der Waals surface area contributed by atoms with Crippen molar-refractivity contribution in [3.8, 4) is 18.1 Å². The number of hydrogen-bond acceptors (Lipinski definition) is 3. The second-order valence-corrected chi connectivity index (χ2v) is 5.82. The molecule has 3 nitrogen and oxygen atoms in total. The first-order valence-corrected chi connectivity index (χ1v) is 7.78. The average Bonchev–Trinajstić information content (AvgIpc) is 2.59. The molecule has 0 saturated heterocycles. The Bertz CT molecular complexity index is 767. The summed E-state index contributed by atoms with van der Waals surface area (Å²) in [6.07, 6.45) is 5.26. The Morgan fingerprint density at radius 3 is 2.70 bits per heavy atom. The van der Waals surface area contributed by atoms with E-state index in [1.165, 1.54) is 5.56 Å². The van der Waals surface area contributed by atoms with Gasteiger partial charge in [-0.25, -0.2) is 0 Å². The number of fused-ring (bicyclic) bond motifs is 1. The van der Waals surface area contributed by atoms with Gasteiger partial charge >= 0.3 is 0 Å². The third kappa shape index (κ3) is 3.22. The van der Waals surface area contributed by atoms with Crippen LogP contribution < -0.4 is 10.1 Å². The fourth-order valence-electron chi connectivity index (χ4n) is 2.65. The van der Waals surface area contributed by atoms with Crippen molar-refractivity contribution < 1.29 is 4.74 Å². The number of ether oxygens (including phenoxy) is 1. The summed E-state index contributed by atoms with van der Waals surface area (Å²) < 4.78 is 5.54. The fraction of sp³-hybridized carbons (Fsp3) is 0.250.